The highest BCUT2D eigenvalue weighted by Crippen LogP contribution is 2.07. The summed E-state index contributed by atoms with van der Waals surface area (Å²) in [6, 6.07) is 0. The molecule has 0 aromatic carbocycles. The Labute approximate surface area is 93.8 Å². The number of rotatable bonds is 6. The van der Waals surface area contributed by atoms with Gasteiger partial charge in [-0.2, -0.15) is 0 Å². The lowest BCUT2D eigenvalue weighted by Crippen LogP contribution is -2.37. The summed E-state index contributed by atoms with van der Waals surface area (Å²) in [5.74, 6) is 0.0980. The van der Waals surface area contributed by atoms with E-state index in [9.17, 15) is 4.79 Å². The van der Waals surface area contributed by atoms with Crippen LogP contribution in [-0.4, -0.2) is 36.1 Å². The SMILES string of the molecule is CCCCN(CC)C(=O)COC(C)(C)C. The molecule has 0 spiro atoms. The van der Waals surface area contributed by atoms with Crippen LogP contribution in [0.4, 0.5) is 0 Å². The van der Waals surface area contributed by atoms with Crippen molar-refractivity contribution in [1.29, 1.82) is 0 Å². The molecule has 1 amide bonds. The number of likely N-dealkylation sites (N-methyl/N-ethyl adjacent to an activating group) is 1. The van der Waals surface area contributed by atoms with Gasteiger partial charge in [0.15, 0.2) is 0 Å². The average molecular weight is 215 g/mol. The summed E-state index contributed by atoms with van der Waals surface area (Å²) in [4.78, 5) is 13.6. The predicted octanol–water partition coefficient (Wildman–Crippen LogP) is 2.45. The van der Waals surface area contributed by atoms with Crippen molar-refractivity contribution >= 4 is 5.91 Å². The minimum absolute atomic E-state index is 0.0980. The van der Waals surface area contributed by atoms with Gasteiger partial charge in [-0.15, -0.1) is 0 Å². The van der Waals surface area contributed by atoms with Crippen LogP contribution in [0.5, 0.6) is 0 Å². The van der Waals surface area contributed by atoms with Gasteiger partial charge in [-0.05, 0) is 34.1 Å². The summed E-state index contributed by atoms with van der Waals surface area (Å²) >= 11 is 0. The molecule has 0 aliphatic heterocycles. The maximum absolute atomic E-state index is 11.7. The number of hydrogen-bond donors (Lipinski definition) is 0. The Bertz CT molecular complexity index is 185. The fourth-order valence-electron chi connectivity index (χ4n) is 1.18. The third-order valence-corrected chi connectivity index (χ3v) is 2.14. The lowest BCUT2D eigenvalue weighted by molar-refractivity contribution is -0.140. The van der Waals surface area contributed by atoms with E-state index in [0.717, 1.165) is 25.9 Å². The number of nitrogens with zero attached hydrogens (tertiary/aromatic N) is 1. The van der Waals surface area contributed by atoms with Crippen LogP contribution >= 0.6 is 0 Å². The largest absolute Gasteiger partial charge is 0.366 e. The maximum atomic E-state index is 11.7. The van der Waals surface area contributed by atoms with E-state index in [1.165, 1.54) is 0 Å². The van der Waals surface area contributed by atoms with Crippen LogP contribution in [0.3, 0.4) is 0 Å². The fourth-order valence-corrected chi connectivity index (χ4v) is 1.18. The molecular formula is C12H25NO2. The quantitative estimate of drug-likeness (QED) is 0.681. The highest BCUT2D eigenvalue weighted by Gasteiger charge is 2.16. The second-order valence-corrected chi connectivity index (χ2v) is 4.73. The molecule has 0 saturated heterocycles. The molecule has 90 valence electrons. The summed E-state index contributed by atoms with van der Waals surface area (Å²) in [7, 11) is 0. The molecule has 0 heterocycles. The number of amides is 1. The molecule has 0 rings (SSSR count). The van der Waals surface area contributed by atoms with E-state index < -0.39 is 0 Å². The first-order valence-electron chi connectivity index (χ1n) is 5.82. The molecule has 3 heteroatoms. The number of carbonyl (C=O) groups is 1. The zero-order valence-corrected chi connectivity index (χ0v) is 10.8. The Morgan fingerprint density at radius 3 is 2.27 bits per heavy atom. The van der Waals surface area contributed by atoms with Crippen LogP contribution in [0.15, 0.2) is 0 Å². The van der Waals surface area contributed by atoms with Gasteiger partial charge >= 0.3 is 0 Å². The molecule has 0 aromatic rings. The first kappa shape index (κ1) is 14.4. The van der Waals surface area contributed by atoms with E-state index >= 15 is 0 Å². The van der Waals surface area contributed by atoms with Gasteiger partial charge in [-0.25, -0.2) is 0 Å². The third kappa shape index (κ3) is 7.37. The second kappa shape index (κ2) is 6.83. The average Bonchev–Trinajstić information content (AvgIpc) is 2.15. The summed E-state index contributed by atoms with van der Waals surface area (Å²) in [6.07, 6.45) is 2.18. The van der Waals surface area contributed by atoms with Crippen LogP contribution in [0.25, 0.3) is 0 Å². The molecule has 0 atom stereocenters. The van der Waals surface area contributed by atoms with E-state index in [2.05, 4.69) is 6.92 Å². The highest BCUT2D eigenvalue weighted by atomic mass is 16.5. The fraction of sp³-hybridized carbons (Fsp3) is 0.917. The van der Waals surface area contributed by atoms with Gasteiger partial charge < -0.3 is 9.64 Å². The molecule has 0 radical (unpaired) electrons. The van der Waals surface area contributed by atoms with Crippen LogP contribution < -0.4 is 0 Å². The summed E-state index contributed by atoms with van der Waals surface area (Å²) in [5, 5.41) is 0. The lowest BCUT2D eigenvalue weighted by Gasteiger charge is -2.24. The van der Waals surface area contributed by atoms with Crippen molar-refractivity contribution in [2.45, 2.75) is 53.1 Å². The van der Waals surface area contributed by atoms with Gasteiger partial charge in [-0.1, -0.05) is 13.3 Å². The topological polar surface area (TPSA) is 29.5 Å². The van der Waals surface area contributed by atoms with Gasteiger partial charge in [0.1, 0.15) is 6.61 Å². The molecule has 0 saturated carbocycles. The van der Waals surface area contributed by atoms with E-state index in [1.807, 2.05) is 32.6 Å². The maximum Gasteiger partial charge on any atom is 0.248 e. The number of ether oxygens (including phenoxy) is 1. The van der Waals surface area contributed by atoms with Crippen molar-refractivity contribution in [2.75, 3.05) is 19.7 Å². The standard InChI is InChI=1S/C12H25NO2/c1-6-8-9-13(7-2)11(14)10-15-12(3,4)5/h6-10H2,1-5H3. The zero-order chi connectivity index (χ0) is 11.9. The normalized spacial score (nSPS) is 11.5. The number of unbranched alkanes of at least 4 members (excludes halogenated alkanes) is 1. The zero-order valence-electron chi connectivity index (χ0n) is 10.8. The first-order chi connectivity index (χ1) is 6.90. The van der Waals surface area contributed by atoms with Crippen molar-refractivity contribution < 1.29 is 9.53 Å². The highest BCUT2D eigenvalue weighted by molar-refractivity contribution is 5.77. The Morgan fingerprint density at radius 1 is 1.27 bits per heavy atom. The Morgan fingerprint density at radius 2 is 1.87 bits per heavy atom. The monoisotopic (exact) mass is 215 g/mol. The summed E-state index contributed by atoms with van der Waals surface area (Å²) in [6.45, 7) is 11.8. The molecular weight excluding hydrogens is 190 g/mol. The van der Waals surface area contributed by atoms with Crippen molar-refractivity contribution in [2.24, 2.45) is 0 Å². The Kier molecular flexibility index (Phi) is 6.57. The van der Waals surface area contributed by atoms with Gasteiger partial charge in [0.25, 0.3) is 0 Å². The predicted molar refractivity (Wildman–Crippen MR) is 62.9 cm³/mol. The molecule has 0 aliphatic rings. The van der Waals surface area contributed by atoms with Gasteiger partial charge in [-0.3, -0.25) is 4.79 Å². The van der Waals surface area contributed by atoms with Crippen LogP contribution in [0, 0.1) is 0 Å². The molecule has 0 aromatic heterocycles. The van der Waals surface area contributed by atoms with Crippen molar-refractivity contribution in [1.82, 2.24) is 4.90 Å². The van der Waals surface area contributed by atoms with E-state index in [4.69, 9.17) is 4.74 Å². The lowest BCUT2D eigenvalue weighted by atomic mass is 10.2. The second-order valence-electron chi connectivity index (χ2n) is 4.73. The van der Waals surface area contributed by atoms with E-state index in [-0.39, 0.29) is 18.1 Å². The molecule has 3 nitrogen and oxygen atoms in total. The van der Waals surface area contributed by atoms with Crippen LogP contribution in [0.1, 0.15) is 47.5 Å². The molecule has 0 N–H and O–H groups in total. The molecule has 0 aliphatic carbocycles. The van der Waals surface area contributed by atoms with Crippen molar-refractivity contribution in [3.05, 3.63) is 0 Å². The minimum Gasteiger partial charge on any atom is -0.366 e. The van der Waals surface area contributed by atoms with E-state index in [1.54, 1.807) is 0 Å². The Hall–Kier alpha value is -0.570. The molecule has 15 heavy (non-hydrogen) atoms. The molecule has 0 bridgehead atoms. The summed E-state index contributed by atoms with van der Waals surface area (Å²) in [5.41, 5.74) is -0.236. The third-order valence-electron chi connectivity index (χ3n) is 2.14. The number of carbonyl (C=O) groups excluding carboxylic acids is 1. The van der Waals surface area contributed by atoms with Gasteiger partial charge in [0, 0.05) is 13.1 Å². The summed E-state index contributed by atoms with van der Waals surface area (Å²) < 4.78 is 5.46. The van der Waals surface area contributed by atoms with E-state index in [0.29, 0.717) is 0 Å². The van der Waals surface area contributed by atoms with Gasteiger partial charge in [0.05, 0.1) is 5.60 Å². The first-order valence-corrected chi connectivity index (χ1v) is 5.82. The van der Waals surface area contributed by atoms with Crippen LogP contribution in [-0.2, 0) is 9.53 Å². The van der Waals surface area contributed by atoms with Crippen LogP contribution in [0.2, 0.25) is 0 Å². The van der Waals surface area contributed by atoms with Crippen molar-refractivity contribution in [3.8, 4) is 0 Å². The van der Waals surface area contributed by atoms with Gasteiger partial charge in [0.2, 0.25) is 5.91 Å². The smallest absolute Gasteiger partial charge is 0.248 e. The van der Waals surface area contributed by atoms with Crippen molar-refractivity contribution in [3.63, 3.8) is 0 Å². The Balaban J connectivity index is 3.94. The molecule has 0 fully saturated rings. The minimum atomic E-state index is -0.236. The number of hydrogen-bond acceptors (Lipinski definition) is 2. The molecule has 0 unspecified atom stereocenters.